The Bertz CT molecular complexity index is 381. The van der Waals surface area contributed by atoms with Gasteiger partial charge in [-0.25, -0.2) is 15.2 Å². The SMILES string of the molecule is CCOCCCNC(=NCc1ccc(F)cc1)NN. The minimum Gasteiger partial charge on any atom is -0.382 e. The summed E-state index contributed by atoms with van der Waals surface area (Å²) in [5.74, 6) is 5.63. The van der Waals surface area contributed by atoms with E-state index in [9.17, 15) is 4.39 Å². The van der Waals surface area contributed by atoms with Crippen molar-refractivity contribution in [2.45, 2.75) is 19.9 Å². The lowest BCUT2D eigenvalue weighted by Crippen LogP contribution is -2.42. The van der Waals surface area contributed by atoms with Crippen molar-refractivity contribution in [2.24, 2.45) is 10.8 Å². The minimum absolute atomic E-state index is 0.251. The molecule has 0 atom stereocenters. The summed E-state index contributed by atoms with van der Waals surface area (Å²) < 4.78 is 18.0. The van der Waals surface area contributed by atoms with Gasteiger partial charge in [-0.05, 0) is 31.0 Å². The van der Waals surface area contributed by atoms with E-state index in [1.165, 1.54) is 12.1 Å². The molecule has 0 spiro atoms. The Morgan fingerprint density at radius 1 is 1.37 bits per heavy atom. The molecule has 0 aliphatic carbocycles. The summed E-state index contributed by atoms with van der Waals surface area (Å²) in [5.41, 5.74) is 3.42. The average Bonchev–Trinajstić information content (AvgIpc) is 2.44. The van der Waals surface area contributed by atoms with Crippen molar-refractivity contribution in [2.75, 3.05) is 19.8 Å². The lowest BCUT2D eigenvalue weighted by molar-refractivity contribution is 0.145. The molecule has 0 aliphatic heterocycles. The lowest BCUT2D eigenvalue weighted by Gasteiger charge is -2.09. The first-order chi connectivity index (χ1) is 9.26. The summed E-state index contributed by atoms with van der Waals surface area (Å²) in [7, 11) is 0. The van der Waals surface area contributed by atoms with Gasteiger partial charge in [-0.1, -0.05) is 12.1 Å². The number of benzene rings is 1. The van der Waals surface area contributed by atoms with Crippen LogP contribution in [-0.2, 0) is 11.3 Å². The van der Waals surface area contributed by atoms with Gasteiger partial charge >= 0.3 is 0 Å². The van der Waals surface area contributed by atoms with Crippen molar-refractivity contribution in [3.05, 3.63) is 35.6 Å². The van der Waals surface area contributed by atoms with Crippen molar-refractivity contribution in [3.8, 4) is 0 Å². The van der Waals surface area contributed by atoms with Gasteiger partial charge in [0.25, 0.3) is 0 Å². The van der Waals surface area contributed by atoms with E-state index in [2.05, 4.69) is 15.7 Å². The van der Waals surface area contributed by atoms with E-state index < -0.39 is 0 Å². The molecule has 0 bridgehead atoms. The second-order valence-corrected chi connectivity index (χ2v) is 3.91. The predicted molar refractivity (Wildman–Crippen MR) is 74.0 cm³/mol. The van der Waals surface area contributed by atoms with E-state index in [0.717, 1.165) is 25.1 Å². The number of rotatable bonds is 7. The molecule has 1 aromatic carbocycles. The van der Waals surface area contributed by atoms with Crippen LogP contribution in [-0.4, -0.2) is 25.7 Å². The van der Waals surface area contributed by atoms with Crippen molar-refractivity contribution < 1.29 is 9.13 Å². The Kier molecular flexibility index (Phi) is 7.53. The highest BCUT2D eigenvalue weighted by molar-refractivity contribution is 5.79. The summed E-state index contributed by atoms with van der Waals surface area (Å²) in [4.78, 5) is 4.27. The van der Waals surface area contributed by atoms with Gasteiger partial charge in [0, 0.05) is 19.8 Å². The highest BCUT2D eigenvalue weighted by Gasteiger charge is 1.97. The number of guanidine groups is 1. The third kappa shape index (κ3) is 6.73. The van der Waals surface area contributed by atoms with Crippen LogP contribution in [0.5, 0.6) is 0 Å². The zero-order valence-electron chi connectivity index (χ0n) is 11.2. The largest absolute Gasteiger partial charge is 0.382 e. The topological polar surface area (TPSA) is 71.7 Å². The molecule has 1 aromatic rings. The molecule has 0 heterocycles. The fraction of sp³-hybridized carbons (Fsp3) is 0.462. The zero-order valence-corrected chi connectivity index (χ0v) is 11.2. The zero-order chi connectivity index (χ0) is 13.9. The summed E-state index contributed by atoms with van der Waals surface area (Å²) >= 11 is 0. The van der Waals surface area contributed by atoms with Crippen LogP contribution in [0.15, 0.2) is 29.3 Å². The molecule has 0 saturated carbocycles. The van der Waals surface area contributed by atoms with Crippen LogP contribution in [0.4, 0.5) is 4.39 Å². The molecule has 0 saturated heterocycles. The van der Waals surface area contributed by atoms with Crippen molar-refractivity contribution in [1.29, 1.82) is 0 Å². The van der Waals surface area contributed by atoms with Gasteiger partial charge in [0.2, 0.25) is 5.96 Å². The molecule has 4 N–H and O–H groups in total. The number of hydrogen-bond donors (Lipinski definition) is 3. The molecule has 0 radical (unpaired) electrons. The molecule has 0 fully saturated rings. The number of nitrogens with one attached hydrogen (secondary N) is 2. The number of hydrogen-bond acceptors (Lipinski definition) is 3. The van der Waals surface area contributed by atoms with Crippen molar-refractivity contribution in [1.82, 2.24) is 10.7 Å². The fourth-order valence-corrected chi connectivity index (χ4v) is 1.44. The maximum Gasteiger partial charge on any atom is 0.206 e. The van der Waals surface area contributed by atoms with Crippen LogP contribution in [0.3, 0.4) is 0 Å². The Morgan fingerprint density at radius 3 is 2.74 bits per heavy atom. The molecule has 6 heteroatoms. The lowest BCUT2D eigenvalue weighted by atomic mass is 10.2. The number of nitrogens with two attached hydrogens (primary N) is 1. The molecule has 0 aliphatic rings. The molecule has 1 rings (SSSR count). The Labute approximate surface area is 113 Å². The summed E-state index contributed by atoms with van der Waals surface area (Å²) in [6.45, 7) is 4.56. The standard InChI is InChI=1S/C13H21FN4O/c1-2-19-9-3-8-16-13(18-15)17-10-11-4-6-12(14)7-5-11/h4-7H,2-3,8-10,15H2,1H3,(H2,16,17,18). The second-order valence-electron chi connectivity index (χ2n) is 3.91. The van der Waals surface area contributed by atoms with Crippen LogP contribution >= 0.6 is 0 Å². The summed E-state index contributed by atoms with van der Waals surface area (Å²) in [6.07, 6.45) is 0.880. The predicted octanol–water partition coefficient (Wildman–Crippen LogP) is 1.16. The number of ether oxygens (including phenoxy) is 1. The van der Waals surface area contributed by atoms with Gasteiger partial charge in [0.15, 0.2) is 0 Å². The first-order valence-electron chi connectivity index (χ1n) is 6.33. The first kappa shape index (κ1) is 15.4. The van der Waals surface area contributed by atoms with Gasteiger partial charge in [-0.3, -0.25) is 5.43 Å². The van der Waals surface area contributed by atoms with Crippen LogP contribution in [0, 0.1) is 5.82 Å². The fourth-order valence-electron chi connectivity index (χ4n) is 1.44. The van der Waals surface area contributed by atoms with Crippen LogP contribution < -0.4 is 16.6 Å². The Balaban J connectivity index is 2.33. The van der Waals surface area contributed by atoms with E-state index in [4.69, 9.17) is 10.6 Å². The highest BCUT2D eigenvalue weighted by Crippen LogP contribution is 2.03. The Hall–Kier alpha value is -1.66. The van der Waals surface area contributed by atoms with Crippen molar-refractivity contribution >= 4 is 5.96 Å². The number of nitrogens with zero attached hydrogens (tertiary/aromatic N) is 1. The van der Waals surface area contributed by atoms with Gasteiger partial charge in [0.05, 0.1) is 6.54 Å². The molecule has 106 valence electrons. The molecule has 0 aromatic heterocycles. The van der Waals surface area contributed by atoms with E-state index in [1.807, 2.05) is 6.92 Å². The van der Waals surface area contributed by atoms with E-state index >= 15 is 0 Å². The molecule has 0 unspecified atom stereocenters. The monoisotopic (exact) mass is 268 g/mol. The van der Waals surface area contributed by atoms with E-state index in [1.54, 1.807) is 12.1 Å². The quantitative estimate of drug-likeness (QED) is 0.228. The van der Waals surface area contributed by atoms with Crippen LogP contribution in [0.1, 0.15) is 18.9 Å². The minimum atomic E-state index is -0.251. The van der Waals surface area contributed by atoms with Crippen molar-refractivity contribution in [3.63, 3.8) is 0 Å². The highest BCUT2D eigenvalue weighted by atomic mass is 19.1. The molecule has 5 nitrogen and oxygen atoms in total. The van der Waals surface area contributed by atoms with E-state index in [-0.39, 0.29) is 5.82 Å². The average molecular weight is 268 g/mol. The maximum atomic E-state index is 12.7. The molecule has 0 amide bonds. The summed E-state index contributed by atoms with van der Waals surface area (Å²) in [5, 5.41) is 3.07. The van der Waals surface area contributed by atoms with Gasteiger partial charge < -0.3 is 10.1 Å². The molecule has 19 heavy (non-hydrogen) atoms. The normalized spacial score (nSPS) is 11.4. The van der Waals surface area contributed by atoms with E-state index in [0.29, 0.717) is 19.1 Å². The van der Waals surface area contributed by atoms with Gasteiger partial charge in [0.1, 0.15) is 5.82 Å². The summed E-state index contributed by atoms with van der Waals surface area (Å²) in [6, 6.07) is 6.22. The Morgan fingerprint density at radius 2 is 2.11 bits per heavy atom. The van der Waals surface area contributed by atoms with Gasteiger partial charge in [-0.15, -0.1) is 0 Å². The van der Waals surface area contributed by atoms with Crippen LogP contribution in [0.2, 0.25) is 0 Å². The second kappa shape index (κ2) is 9.29. The third-order valence-corrected chi connectivity index (χ3v) is 2.43. The first-order valence-corrected chi connectivity index (χ1v) is 6.33. The van der Waals surface area contributed by atoms with Gasteiger partial charge in [-0.2, -0.15) is 0 Å². The number of halogens is 1. The number of aliphatic imine (C=N–C) groups is 1. The molecular formula is C13H21FN4O. The maximum absolute atomic E-state index is 12.7. The number of hydrazine groups is 1. The van der Waals surface area contributed by atoms with Crippen LogP contribution in [0.25, 0.3) is 0 Å². The third-order valence-electron chi connectivity index (χ3n) is 2.43. The molecular weight excluding hydrogens is 247 g/mol. The smallest absolute Gasteiger partial charge is 0.206 e.